The quantitative estimate of drug-likeness (QED) is 0.532. The molecule has 2 rings (SSSR count). The lowest BCUT2D eigenvalue weighted by Crippen LogP contribution is -2.44. The lowest BCUT2D eigenvalue weighted by molar-refractivity contribution is -0.156. The van der Waals surface area contributed by atoms with Gasteiger partial charge < -0.3 is 19.1 Å². The van der Waals surface area contributed by atoms with Gasteiger partial charge in [-0.1, -0.05) is 30.3 Å². The highest BCUT2D eigenvalue weighted by Gasteiger charge is 2.36. The molecule has 7 nitrogen and oxygen atoms in total. The predicted octanol–water partition coefficient (Wildman–Crippen LogP) is 3.56. The van der Waals surface area contributed by atoms with Gasteiger partial charge in [0.1, 0.15) is 12.2 Å². The van der Waals surface area contributed by atoms with Crippen LogP contribution in [0.4, 0.5) is 4.79 Å². The van der Waals surface area contributed by atoms with Crippen molar-refractivity contribution in [3.05, 3.63) is 35.9 Å². The molecule has 7 heteroatoms. The Morgan fingerprint density at radius 1 is 1.10 bits per heavy atom. The van der Waals surface area contributed by atoms with E-state index in [1.165, 1.54) is 7.11 Å². The van der Waals surface area contributed by atoms with E-state index in [2.05, 4.69) is 0 Å². The number of methoxy groups -OCH3 is 1. The van der Waals surface area contributed by atoms with Crippen LogP contribution in [-0.2, 0) is 30.4 Å². The van der Waals surface area contributed by atoms with Crippen molar-refractivity contribution in [3.8, 4) is 0 Å². The third-order valence-electron chi connectivity index (χ3n) is 4.89. The van der Waals surface area contributed by atoms with Crippen molar-refractivity contribution in [2.75, 3.05) is 20.2 Å². The number of esters is 2. The van der Waals surface area contributed by atoms with Crippen LogP contribution in [0.15, 0.2) is 30.3 Å². The molecule has 1 heterocycles. The van der Waals surface area contributed by atoms with Crippen LogP contribution in [0.25, 0.3) is 0 Å². The first-order valence-corrected chi connectivity index (χ1v) is 9.95. The Kier molecular flexibility index (Phi) is 8.05. The Labute approximate surface area is 172 Å². The number of piperidine rings is 1. The first kappa shape index (κ1) is 22.7. The number of likely N-dealkylation sites (tertiary alicyclic amines) is 1. The number of ether oxygens (including phenoxy) is 3. The average molecular weight is 405 g/mol. The molecular weight excluding hydrogens is 374 g/mol. The van der Waals surface area contributed by atoms with Crippen LogP contribution < -0.4 is 0 Å². The molecule has 0 saturated carbocycles. The van der Waals surface area contributed by atoms with Crippen LogP contribution in [0, 0.1) is 11.8 Å². The molecule has 1 aromatic carbocycles. The van der Waals surface area contributed by atoms with E-state index in [9.17, 15) is 14.4 Å². The highest BCUT2D eigenvalue weighted by molar-refractivity contribution is 5.80. The molecule has 0 bridgehead atoms. The van der Waals surface area contributed by atoms with Gasteiger partial charge in [-0.3, -0.25) is 9.59 Å². The summed E-state index contributed by atoms with van der Waals surface area (Å²) >= 11 is 0. The highest BCUT2D eigenvalue weighted by Crippen LogP contribution is 2.29. The number of carbonyl (C=O) groups excluding carboxylic acids is 3. The Bertz CT molecular complexity index is 689. The van der Waals surface area contributed by atoms with Gasteiger partial charge in [-0.05, 0) is 45.1 Å². The molecule has 0 aromatic heterocycles. The molecule has 1 aliphatic heterocycles. The zero-order valence-electron chi connectivity index (χ0n) is 17.7. The van der Waals surface area contributed by atoms with Gasteiger partial charge in [0.05, 0.1) is 19.4 Å². The summed E-state index contributed by atoms with van der Waals surface area (Å²) in [5, 5.41) is 0. The van der Waals surface area contributed by atoms with Gasteiger partial charge in [0, 0.05) is 13.1 Å². The maximum Gasteiger partial charge on any atom is 0.410 e. The van der Waals surface area contributed by atoms with E-state index in [1.807, 2.05) is 51.1 Å². The van der Waals surface area contributed by atoms with E-state index < -0.39 is 23.5 Å². The maximum absolute atomic E-state index is 12.3. The van der Waals surface area contributed by atoms with Gasteiger partial charge in [-0.15, -0.1) is 0 Å². The van der Waals surface area contributed by atoms with Crippen LogP contribution >= 0.6 is 0 Å². The van der Waals surface area contributed by atoms with Crippen molar-refractivity contribution < 1.29 is 28.6 Å². The molecule has 1 atom stereocenters. The highest BCUT2D eigenvalue weighted by atomic mass is 16.6. The van der Waals surface area contributed by atoms with Crippen molar-refractivity contribution >= 4 is 18.0 Å². The molecular formula is C22H31NO6. The van der Waals surface area contributed by atoms with Crippen LogP contribution in [0.5, 0.6) is 0 Å². The summed E-state index contributed by atoms with van der Waals surface area (Å²) in [5.41, 5.74) is 0.339. The second-order valence-electron chi connectivity index (χ2n) is 8.28. The molecule has 1 aromatic rings. The minimum Gasteiger partial charge on any atom is -0.469 e. The van der Waals surface area contributed by atoms with Gasteiger partial charge in [0.2, 0.25) is 0 Å². The molecule has 0 unspecified atom stereocenters. The molecule has 0 spiro atoms. The summed E-state index contributed by atoms with van der Waals surface area (Å²) in [4.78, 5) is 38.5. The van der Waals surface area contributed by atoms with Crippen LogP contribution in [0.3, 0.4) is 0 Å². The molecule has 1 saturated heterocycles. The van der Waals surface area contributed by atoms with E-state index in [1.54, 1.807) is 4.90 Å². The Hall–Kier alpha value is -2.57. The van der Waals surface area contributed by atoms with Crippen LogP contribution in [-0.4, -0.2) is 48.7 Å². The number of nitrogens with zero attached hydrogens (tertiary/aromatic N) is 1. The van der Waals surface area contributed by atoms with Crippen molar-refractivity contribution in [1.82, 2.24) is 4.90 Å². The zero-order chi connectivity index (χ0) is 21.4. The number of hydrogen-bond donors (Lipinski definition) is 0. The topological polar surface area (TPSA) is 82.1 Å². The van der Waals surface area contributed by atoms with Crippen LogP contribution in [0.2, 0.25) is 0 Å². The second-order valence-corrected chi connectivity index (χ2v) is 8.28. The summed E-state index contributed by atoms with van der Waals surface area (Å²) in [6.45, 7) is 6.60. The molecule has 1 amide bonds. The van der Waals surface area contributed by atoms with Crippen molar-refractivity contribution in [1.29, 1.82) is 0 Å². The lowest BCUT2D eigenvalue weighted by atomic mass is 9.82. The number of benzene rings is 1. The second kappa shape index (κ2) is 10.3. The first-order chi connectivity index (χ1) is 13.7. The summed E-state index contributed by atoms with van der Waals surface area (Å²) in [6, 6.07) is 9.38. The van der Waals surface area contributed by atoms with Gasteiger partial charge in [0.15, 0.2) is 0 Å². The van der Waals surface area contributed by atoms with E-state index in [4.69, 9.17) is 14.2 Å². The van der Waals surface area contributed by atoms with E-state index in [0.717, 1.165) is 5.56 Å². The van der Waals surface area contributed by atoms with Gasteiger partial charge in [-0.2, -0.15) is 0 Å². The Morgan fingerprint density at radius 2 is 1.72 bits per heavy atom. The van der Waals surface area contributed by atoms with Gasteiger partial charge >= 0.3 is 18.0 Å². The molecule has 1 aliphatic rings. The zero-order valence-corrected chi connectivity index (χ0v) is 17.7. The molecule has 0 aliphatic carbocycles. The van der Waals surface area contributed by atoms with E-state index >= 15 is 0 Å². The maximum atomic E-state index is 12.3. The van der Waals surface area contributed by atoms with Gasteiger partial charge in [-0.25, -0.2) is 4.79 Å². The third kappa shape index (κ3) is 7.40. The van der Waals surface area contributed by atoms with Gasteiger partial charge in [0.25, 0.3) is 0 Å². The van der Waals surface area contributed by atoms with E-state index in [-0.39, 0.29) is 25.0 Å². The normalized spacial score (nSPS) is 16.1. The molecule has 29 heavy (non-hydrogen) atoms. The average Bonchev–Trinajstić information content (AvgIpc) is 2.69. The summed E-state index contributed by atoms with van der Waals surface area (Å²) < 4.78 is 15.6. The summed E-state index contributed by atoms with van der Waals surface area (Å²) in [7, 11) is 1.32. The molecule has 1 fully saturated rings. The van der Waals surface area contributed by atoms with E-state index in [0.29, 0.717) is 25.9 Å². The number of hydrogen-bond acceptors (Lipinski definition) is 6. The fourth-order valence-corrected chi connectivity index (χ4v) is 3.38. The smallest absolute Gasteiger partial charge is 0.410 e. The monoisotopic (exact) mass is 405 g/mol. The van der Waals surface area contributed by atoms with Crippen molar-refractivity contribution in [2.24, 2.45) is 11.8 Å². The Morgan fingerprint density at radius 3 is 2.28 bits per heavy atom. The summed E-state index contributed by atoms with van der Waals surface area (Å²) in [5.74, 6) is -1.48. The number of carbonyl (C=O) groups is 3. The molecule has 160 valence electrons. The molecule has 0 radical (unpaired) electrons. The molecule has 0 N–H and O–H groups in total. The first-order valence-electron chi connectivity index (χ1n) is 9.95. The minimum atomic E-state index is -0.580. The summed E-state index contributed by atoms with van der Waals surface area (Å²) in [6.07, 6.45) is 0.819. The fourth-order valence-electron chi connectivity index (χ4n) is 3.38. The SMILES string of the molecule is COC(=O)[C@@H](CC(=O)OCc1ccccc1)C1CCN(C(=O)OC(C)(C)C)CC1. The van der Waals surface area contributed by atoms with Crippen LogP contribution in [0.1, 0.15) is 45.6 Å². The number of amides is 1. The minimum absolute atomic E-state index is 0.0311. The van der Waals surface area contributed by atoms with Crippen molar-refractivity contribution in [2.45, 2.75) is 52.2 Å². The third-order valence-corrected chi connectivity index (χ3v) is 4.89. The van der Waals surface area contributed by atoms with Crippen molar-refractivity contribution in [3.63, 3.8) is 0 Å². The largest absolute Gasteiger partial charge is 0.469 e. The Balaban J connectivity index is 1.89. The lowest BCUT2D eigenvalue weighted by Gasteiger charge is -2.35. The standard InChI is InChI=1S/C22H31NO6/c1-22(2,3)29-21(26)23-12-10-17(11-13-23)18(20(25)27-4)14-19(24)28-15-16-8-6-5-7-9-16/h5-9,17-18H,10-15H2,1-4H3/t18-/m0/s1. The number of rotatable bonds is 6. The fraction of sp³-hybridized carbons (Fsp3) is 0.591. The predicted molar refractivity (Wildman–Crippen MR) is 107 cm³/mol.